The van der Waals surface area contributed by atoms with Crippen LogP contribution in [0.4, 0.5) is 0 Å². The van der Waals surface area contributed by atoms with Crippen LogP contribution in [0.5, 0.6) is 0 Å². The monoisotopic (exact) mass is 299 g/mol. The summed E-state index contributed by atoms with van der Waals surface area (Å²) in [4.78, 5) is 11.3. The van der Waals surface area contributed by atoms with Gasteiger partial charge in [0.1, 0.15) is 8.26 Å². The normalized spacial score (nSPS) is 10.5. The van der Waals surface area contributed by atoms with E-state index in [1.807, 2.05) is 6.92 Å². The molecule has 0 N–H and O–H groups in total. The zero-order chi connectivity index (χ0) is 8.43. The van der Waals surface area contributed by atoms with Crippen molar-refractivity contribution in [3.05, 3.63) is 18.6 Å². The van der Waals surface area contributed by atoms with Gasteiger partial charge in [-0.1, -0.05) is 6.92 Å². The Hall–Kier alpha value is 0.390. The molecule has 11 heavy (non-hydrogen) atoms. The number of halogens is 2. The highest BCUT2D eigenvalue weighted by Gasteiger charge is 2.08. The smallest absolute Gasteiger partial charge is 0.267 e. The molecule has 1 heterocycles. The Morgan fingerprint density at radius 3 is 2.55 bits per heavy atom. The Kier molecular flexibility index (Phi) is 3.33. The molecule has 0 fully saturated rings. The minimum atomic E-state index is 0.0590. The third-order valence-corrected chi connectivity index (χ3v) is 4.50. The van der Waals surface area contributed by atoms with Gasteiger partial charge in [0.05, 0.1) is 0 Å². The Bertz CT molecular complexity index is 304. The van der Waals surface area contributed by atoms with Crippen molar-refractivity contribution < 1.29 is 0 Å². The van der Waals surface area contributed by atoms with Gasteiger partial charge in [0, 0.05) is 6.54 Å². The zero-order valence-electron chi connectivity index (χ0n) is 5.93. The highest BCUT2D eigenvalue weighted by atomic mass is 79.9. The lowest BCUT2D eigenvalue weighted by Gasteiger charge is -1.92. The van der Waals surface area contributed by atoms with E-state index < -0.39 is 0 Å². The quantitative estimate of drug-likeness (QED) is 0.823. The average Bonchev–Trinajstić information content (AvgIpc) is 2.19. The molecule has 1 aromatic heterocycles. The molecule has 0 aliphatic rings. The summed E-state index contributed by atoms with van der Waals surface area (Å²) in [5.74, 6) is 0. The fourth-order valence-corrected chi connectivity index (χ4v) is 2.77. The molecule has 0 saturated heterocycles. The van der Waals surface area contributed by atoms with E-state index in [1.165, 1.54) is 11.5 Å². The molecule has 2 nitrogen and oxygen atoms in total. The molecule has 0 amide bonds. The van der Waals surface area contributed by atoms with Gasteiger partial charge in [-0.05, 0) is 49.8 Å². The minimum Gasteiger partial charge on any atom is -0.267 e. The third-order valence-electron chi connectivity index (χ3n) is 1.20. The highest BCUT2D eigenvalue weighted by Crippen LogP contribution is 2.24. The SMILES string of the molecule is CCCn1sc(Br)c(Br)c1=O. The third kappa shape index (κ3) is 1.95. The van der Waals surface area contributed by atoms with E-state index >= 15 is 0 Å². The fourth-order valence-electron chi connectivity index (χ4n) is 0.722. The largest absolute Gasteiger partial charge is 0.276 e. The van der Waals surface area contributed by atoms with E-state index in [2.05, 4.69) is 31.9 Å². The van der Waals surface area contributed by atoms with Crippen molar-refractivity contribution in [1.82, 2.24) is 3.96 Å². The van der Waals surface area contributed by atoms with Crippen LogP contribution < -0.4 is 5.56 Å². The van der Waals surface area contributed by atoms with Gasteiger partial charge in [-0.3, -0.25) is 8.75 Å². The van der Waals surface area contributed by atoms with E-state index in [4.69, 9.17) is 0 Å². The summed E-state index contributed by atoms with van der Waals surface area (Å²) in [6.45, 7) is 2.85. The topological polar surface area (TPSA) is 22.0 Å². The van der Waals surface area contributed by atoms with Gasteiger partial charge >= 0.3 is 0 Å². The van der Waals surface area contributed by atoms with Crippen LogP contribution in [0.1, 0.15) is 13.3 Å². The summed E-state index contributed by atoms with van der Waals surface area (Å²) < 4.78 is 3.24. The highest BCUT2D eigenvalue weighted by molar-refractivity contribution is 9.13. The van der Waals surface area contributed by atoms with Gasteiger partial charge in [-0.15, -0.1) is 0 Å². The predicted octanol–water partition coefficient (Wildman–Crippen LogP) is 2.84. The van der Waals surface area contributed by atoms with E-state index in [-0.39, 0.29) is 5.56 Å². The number of hydrogen-bond donors (Lipinski definition) is 0. The molecule has 0 spiro atoms. The van der Waals surface area contributed by atoms with Gasteiger partial charge in [0.2, 0.25) is 0 Å². The van der Waals surface area contributed by atoms with Gasteiger partial charge in [0.25, 0.3) is 5.56 Å². The predicted molar refractivity (Wildman–Crippen MR) is 54.3 cm³/mol. The maximum atomic E-state index is 11.3. The summed E-state index contributed by atoms with van der Waals surface area (Å²) in [5, 5.41) is 0. The Labute approximate surface area is 85.6 Å². The van der Waals surface area contributed by atoms with Gasteiger partial charge in [0.15, 0.2) is 0 Å². The first-order valence-corrected chi connectivity index (χ1v) is 5.58. The molecular formula is C6H7Br2NOS. The second kappa shape index (κ2) is 3.87. The molecule has 1 aromatic rings. The average molecular weight is 301 g/mol. The molecular weight excluding hydrogens is 294 g/mol. The molecule has 1 rings (SSSR count). The van der Waals surface area contributed by atoms with Crippen LogP contribution in [0.25, 0.3) is 0 Å². The second-order valence-corrected chi connectivity index (χ2v) is 5.23. The van der Waals surface area contributed by atoms with Gasteiger partial charge in [-0.25, -0.2) is 0 Å². The Balaban J connectivity index is 3.09. The van der Waals surface area contributed by atoms with Crippen molar-refractivity contribution >= 4 is 43.4 Å². The van der Waals surface area contributed by atoms with Crippen LogP contribution in [0.3, 0.4) is 0 Å². The van der Waals surface area contributed by atoms with Crippen molar-refractivity contribution in [2.24, 2.45) is 0 Å². The minimum absolute atomic E-state index is 0.0590. The molecule has 5 heteroatoms. The van der Waals surface area contributed by atoms with Crippen LogP contribution in [-0.2, 0) is 6.54 Å². The number of aromatic nitrogens is 1. The van der Waals surface area contributed by atoms with Crippen LogP contribution in [0.2, 0.25) is 0 Å². The Morgan fingerprint density at radius 1 is 1.55 bits per heavy atom. The van der Waals surface area contributed by atoms with Crippen molar-refractivity contribution in [2.75, 3.05) is 0 Å². The van der Waals surface area contributed by atoms with Crippen LogP contribution in [0, 0.1) is 0 Å². The lowest BCUT2D eigenvalue weighted by molar-refractivity contribution is 0.712. The first-order chi connectivity index (χ1) is 5.16. The molecule has 0 atom stereocenters. The molecule has 0 saturated carbocycles. The van der Waals surface area contributed by atoms with Crippen LogP contribution in [-0.4, -0.2) is 3.96 Å². The molecule has 0 bridgehead atoms. The van der Waals surface area contributed by atoms with Crippen molar-refractivity contribution in [3.8, 4) is 0 Å². The molecule has 0 aliphatic carbocycles. The van der Waals surface area contributed by atoms with Gasteiger partial charge in [-0.2, -0.15) is 0 Å². The summed E-state index contributed by atoms with van der Waals surface area (Å²) in [6, 6.07) is 0. The fraction of sp³-hybridized carbons (Fsp3) is 0.500. The van der Waals surface area contributed by atoms with Crippen molar-refractivity contribution in [3.63, 3.8) is 0 Å². The zero-order valence-corrected chi connectivity index (χ0v) is 9.92. The van der Waals surface area contributed by atoms with Crippen molar-refractivity contribution in [1.29, 1.82) is 0 Å². The summed E-state index contributed by atoms with van der Waals surface area (Å²) >= 11 is 7.93. The maximum Gasteiger partial charge on any atom is 0.276 e. The van der Waals surface area contributed by atoms with Crippen molar-refractivity contribution in [2.45, 2.75) is 19.9 Å². The molecule has 0 aromatic carbocycles. The lowest BCUT2D eigenvalue weighted by atomic mass is 10.5. The first kappa shape index (κ1) is 9.48. The summed E-state index contributed by atoms with van der Waals surface area (Å²) in [5.41, 5.74) is 0.0590. The van der Waals surface area contributed by atoms with Gasteiger partial charge < -0.3 is 0 Å². The van der Waals surface area contributed by atoms with E-state index in [1.54, 1.807) is 3.96 Å². The number of hydrogen-bond acceptors (Lipinski definition) is 2. The molecule has 0 unspecified atom stereocenters. The molecule has 0 aliphatic heterocycles. The maximum absolute atomic E-state index is 11.3. The number of rotatable bonds is 2. The number of aryl methyl sites for hydroxylation is 1. The first-order valence-electron chi connectivity index (χ1n) is 3.22. The van der Waals surface area contributed by atoms with E-state index in [9.17, 15) is 4.79 Å². The van der Waals surface area contributed by atoms with E-state index in [0.717, 1.165) is 16.8 Å². The molecule has 0 radical (unpaired) electrons. The lowest BCUT2D eigenvalue weighted by Crippen LogP contribution is -2.12. The second-order valence-electron chi connectivity index (χ2n) is 2.09. The Morgan fingerprint density at radius 2 is 2.18 bits per heavy atom. The summed E-state index contributed by atoms with van der Waals surface area (Å²) in [6.07, 6.45) is 0.985. The van der Waals surface area contributed by atoms with Crippen LogP contribution in [0.15, 0.2) is 13.1 Å². The number of nitrogens with zero attached hydrogens (tertiary/aromatic N) is 1. The summed E-state index contributed by atoms with van der Waals surface area (Å²) in [7, 11) is 0. The standard InChI is InChI=1S/C6H7Br2NOS/c1-2-3-9-6(10)4(7)5(8)11-9/h2-3H2,1H3. The van der Waals surface area contributed by atoms with Crippen LogP contribution >= 0.6 is 43.4 Å². The van der Waals surface area contributed by atoms with E-state index in [0.29, 0.717) is 4.47 Å². The molecule has 62 valence electrons.